The van der Waals surface area contributed by atoms with Crippen molar-refractivity contribution in [2.24, 2.45) is 0 Å². The largest absolute Gasteiger partial charge is 0.316 e. The molecule has 0 bridgehead atoms. The third kappa shape index (κ3) is 3.65. The van der Waals surface area contributed by atoms with Gasteiger partial charge in [0.25, 0.3) is 0 Å². The quantitative estimate of drug-likeness (QED) is 0.818. The lowest BCUT2D eigenvalue weighted by molar-refractivity contribution is 0.490. The number of halogens is 1. The summed E-state index contributed by atoms with van der Waals surface area (Å²) in [6.07, 6.45) is 0. The maximum atomic E-state index is 13.9. The Balaban J connectivity index is 3.33. The number of likely N-dealkylation sites (N-methyl/N-ethyl adjacent to an activating group) is 1. The molecular formula is C14H21FN2O2S. The number of benzene rings is 1. The molecule has 0 fully saturated rings. The van der Waals surface area contributed by atoms with Crippen LogP contribution in [-0.2, 0) is 16.6 Å². The Morgan fingerprint density at radius 2 is 2.05 bits per heavy atom. The van der Waals surface area contributed by atoms with Gasteiger partial charge in [0.2, 0.25) is 10.0 Å². The Kier molecular flexibility index (Phi) is 5.44. The van der Waals surface area contributed by atoms with Gasteiger partial charge >= 0.3 is 0 Å². The van der Waals surface area contributed by atoms with E-state index in [9.17, 15) is 12.8 Å². The minimum atomic E-state index is -3.72. The van der Waals surface area contributed by atoms with Gasteiger partial charge in [0.1, 0.15) is 5.82 Å². The first-order chi connectivity index (χ1) is 9.20. The Morgan fingerprint density at radius 3 is 2.55 bits per heavy atom. The first kappa shape index (κ1) is 16.8. The number of hydrogen-bond donors (Lipinski definition) is 1. The molecule has 0 aromatic heterocycles. The van der Waals surface area contributed by atoms with Gasteiger partial charge in [-0.25, -0.2) is 12.8 Å². The molecule has 0 saturated heterocycles. The minimum Gasteiger partial charge on any atom is -0.316 e. The lowest BCUT2D eigenvalue weighted by Crippen LogP contribution is -2.29. The van der Waals surface area contributed by atoms with Crippen LogP contribution in [-0.4, -0.2) is 33.4 Å². The van der Waals surface area contributed by atoms with E-state index in [0.29, 0.717) is 12.1 Å². The van der Waals surface area contributed by atoms with Crippen LogP contribution in [0.4, 0.5) is 4.39 Å². The number of hydrogen-bond acceptors (Lipinski definition) is 3. The molecule has 0 amide bonds. The van der Waals surface area contributed by atoms with Crippen LogP contribution in [0.3, 0.4) is 0 Å². The molecule has 0 aliphatic rings. The summed E-state index contributed by atoms with van der Waals surface area (Å²) < 4.78 is 40.1. The third-order valence-electron chi connectivity index (χ3n) is 2.92. The van der Waals surface area contributed by atoms with Gasteiger partial charge in [-0.1, -0.05) is 12.2 Å². The van der Waals surface area contributed by atoms with E-state index in [0.717, 1.165) is 5.57 Å². The summed E-state index contributed by atoms with van der Waals surface area (Å²) in [5.41, 5.74) is 1.46. The minimum absolute atomic E-state index is 0.00602. The van der Waals surface area contributed by atoms with E-state index in [-0.39, 0.29) is 17.0 Å². The van der Waals surface area contributed by atoms with Crippen LogP contribution in [0.1, 0.15) is 18.1 Å². The van der Waals surface area contributed by atoms with E-state index in [2.05, 4.69) is 11.9 Å². The van der Waals surface area contributed by atoms with Gasteiger partial charge in [-0.3, -0.25) is 0 Å². The first-order valence-corrected chi connectivity index (χ1v) is 7.68. The molecule has 1 rings (SSSR count). The summed E-state index contributed by atoms with van der Waals surface area (Å²) in [5.74, 6) is -0.514. The van der Waals surface area contributed by atoms with Crippen molar-refractivity contribution >= 4 is 10.0 Å². The molecule has 112 valence electrons. The SMILES string of the molecule is C=C(C)CN(C)S(=O)(=O)c1cc(CNC)cc(F)c1C. The van der Waals surface area contributed by atoms with Crippen molar-refractivity contribution in [3.05, 3.63) is 41.2 Å². The Labute approximate surface area is 120 Å². The van der Waals surface area contributed by atoms with Gasteiger partial charge in [0, 0.05) is 25.7 Å². The molecule has 0 atom stereocenters. The molecule has 0 heterocycles. The number of rotatable bonds is 6. The molecule has 20 heavy (non-hydrogen) atoms. The molecule has 0 aliphatic heterocycles. The van der Waals surface area contributed by atoms with Gasteiger partial charge in [-0.05, 0) is 38.6 Å². The second-order valence-electron chi connectivity index (χ2n) is 4.95. The highest BCUT2D eigenvalue weighted by molar-refractivity contribution is 7.89. The van der Waals surface area contributed by atoms with Crippen molar-refractivity contribution in [2.45, 2.75) is 25.3 Å². The van der Waals surface area contributed by atoms with Gasteiger partial charge in [0.15, 0.2) is 0 Å². The summed E-state index contributed by atoms with van der Waals surface area (Å²) in [4.78, 5) is 0.00602. The smallest absolute Gasteiger partial charge is 0.243 e. The van der Waals surface area contributed by atoms with Crippen LogP contribution in [0.25, 0.3) is 0 Å². The zero-order valence-corrected chi connectivity index (χ0v) is 13.1. The van der Waals surface area contributed by atoms with Crippen LogP contribution >= 0.6 is 0 Å². The maximum absolute atomic E-state index is 13.9. The summed E-state index contributed by atoms with van der Waals surface area (Å²) in [5, 5.41) is 2.88. The van der Waals surface area contributed by atoms with E-state index in [1.54, 1.807) is 14.0 Å². The van der Waals surface area contributed by atoms with Gasteiger partial charge < -0.3 is 5.32 Å². The maximum Gasteiger partial charge on any atom is 0.243 e. The highest BCUT2D eigenvalue weighted by atomic mass is 32.2. The second kappa shape index (κ2) is 6.47. The summed E-state index contributed by atoms with van der Waals surface area (Å²) >= 11 is 0. The van der Waals surface area contributed by atoms with Crippen molar-refractivity contribution in [3.8, 4) is 0 Å². The monoisotopic (exact) mass is 300 g/mol. The summed E-state index contributed by atoms with van der Waals surface area (Å²) in [7, 11) is -0.538. The first-order valence-electron chi connectivity index (χ1n) is 6.24. The molecule has 0 radical (unpaired) electrons. The number of nitrogens with zero attached hydrogens (tertiary/aromatic N) is 1. The van der Waals surface area contributed by atoms with Gasteiger partial charge in [0.05, 0.1) is 4.90 Å². The Bertz CT molecular complexity index is 612. The van der Waals surface area contributed by atoms with E-state index in [1.807, 2.05) is 0 Å². The lowest BCUT2D eigenvalue weighted by atomic mass is 10.1. The van der Waals surface area contributed by atoms with Crippen LogP contribution in [0.15, 0.2) is 29.2 Å². The van der Waals surface area contributed by atoms with Crippen molar-refractivity contribution in [1.82, 2.24) is 9.62 Å². The average molecular weight is 300 g/mol. The summed E-state index contributed by atoms with van der Waals surface area (Å²) in [6, 6.07) is 2.86. The van der Waals surface area contributed by atoms with Crippen LogP contribution in [0.5, 0.6) is 0 Å². The molecule has 1 aromatic carbocycles. The fourth-order valence-corrected chi connectivity index (χ4v) is 3.42. The number of nitrogens with one attached hydrogen (secondary N) is 1. The van der Waals surface area contributed by atoms with E-state index in [4.69, 9.17) is 0 Å². The van der Waals surface area contributed by atoms with Crippen LogP contribution in [0, 0.1) is 12.7 Å². The molecule has 0 spiro atoms. The van der Waals surface area contributed by atoms with Crippen molar-refractivity contribution in [3.63, 3.8) is 0 Å². The molecule has 1 aromatic rings. The zero-order chi connectivity index (χ0) is 15.5. The summed E-state index contributed by atoms with van der Waals surface area (Å²) in [6.45, 7) is 7.53. The highest BCUT2D eigenvalue weighted by Crippen LogP contribution is 2.23. The highest BCUT2D eigenvalue weighted by Gasteiger charge is 2.24. The molecular weight excluding hydrogens is 279 g/mol. The second-order valence-corrected chi connectivity index (χ2v) is 6.96. The normalized spacial score (nSPS) is 11.9. The van der Waals surface area contributed by atoms with Crippen molar-refractivity contribution in [2.75, 3.05) is 20.6 Å². The molecule has 0 aliphatic carbocycles. The van der Waals surface area contributed by atoms with Crippen molar-refractivity contribution in [1.29, 1.82) is 0 Å². The zero-order valence-electron chi connectivity index (χ0n) is 12.3. The predicted molar refractivity (Wildman–Crippen MR) is 78.5 cm³/mol. The molecule has 0 unspecified atom stereocenters. The fraction of sp³-hybridized carbons (Fsp3) is 0.429. The van der Waals surface area contributed by atoms with E-state index < -0.39 is 15.8 Å². The Morgan fingerprint density at radius 1 is 1.45 bits per heavy atom. The van der Waals surface area contributed by atoms with Crippen LogP contribution in [0.2, 0.25) is 0 Å². The molecule has 1 N–H and O–H groups in total. The lowest BCUT2D eigenvalue weighted by Gasteiger charge is -2.19. The predicted octanol–water partition coefficient (Wildman–Crippen LogP) is 2.05. The number of sulfonamides is 1. The molecule has 6 heteroatoms. The van der Waals surface area contributed by atoms with E-state index in [1.165, 1.54) is 30.4 Å². The van der Waals surface area contributed by atoms with Crippen LogP contribution < -0.4 is 5.32 Å². The third-order valence-corrected chi connectivity index (χ3v) is 4.85. The Hall–Kier alpha value is -1.24. The fourth-order valence-electron chi connectivity index (χ4n) is 1.91. The molecule has 4 nitrogen and oxygen atoms in total. The average Bonchev–Trinajstić information content (AvgIpc) is 2.32. The van der Waals surface area contributed by atoms with Crippen molar-refractivity contribution < 1.29 is 12.8 Å². The van der Waals surface area contributed by atoms with Gasteiger partial charge in [-0.2, -0.15) is 4.31 Å². The van der Waals surface area contributed by atoms with Gasteiger partial charge in [-0.15, -0.1) is 0 Å². The molecule has 0 saturated carbocycles. The standard InChI is InChI=1S/C14H21FN2O2S/c1-10(2)9-17(5)20(18,19)14-7-12(8-16-4)6-13(15)11(14)3/h6-7,16H,1,8-9H2,2-5H3. The topological polar surface area (TPSA) is 49.4 Å². The van der Waals surface area contributed by atoms with E-state index >= 15 is 0 Å².